The van der Waals surface area contributed by atoms with Crippen LogP contribution in [0.5, 0.6) is 0 Å². The van der Waals surface area contributed by atoms with E-state index in [1.165, 1.54) is 0 Å². The van der Waals surface area contributed by atoms with Gasteiger partial charge in [-0.2, -0.15) is 0 Å². The van der Waals surface area contributed by atoms with Crippen LogP contribution in [0.2, 0.25) is 0 Å². The largest absolute Gasteiger partial charge is 0.466 e. The van der Waals surface area contributed by atoms with E-state index < -0.39 is 7.82 Å². The van der Waals surface area contributed by atoms with E-state index in [9.17, 15) is 0 Å². The van der Waals surface area contributed by atoms with E-state index >= 15 is 0 Å². The molecule has 0 saturated carbocycles. The van der Waals surface area contributed by atoms with Crippen molar-refractivity contribution in [3.63, 3.8) is 0 Å². The van der Waals surface area contributed by atoms with Crippen LogP contribution in [-0.2, 0) is 4.57 Å². The summed E-state index contributed by atoms with van der Waals surface area (Å²) in [4.78, 5) is 21.6. The quantitative estimate of drug-likeness (QED) is 0.415. The molecule has 0 radical (unpaired) electrons. The molecule has 0 saturated heterocycles. The van der Waals surface area contributed by atoms with Gasteiger partial charge in [-0.1, -0.05) is 0 Å². The first-order valence-corrected chi connectivity index (χ1v) is 2.35. The molecule has 0 aromatic carbocycles. The van der Waals surface area contributed by atoms with Gasteiger partial charge in [0.05, 0.1) is 0 Å². The van der Waals surface area contributed by atoms with Gasteiger partial charge < -0.3 is 14.7 Å². The first-order chi connectivity index (χ1) is 2.00. The highest BCUT2D eigenvalue weighted by Crippen LogP contribution is 2.25. The van der Waals surface area contributed by atoms with Crippen molar-refractivity contribution in [2.45, 2.75) is 0 Å². The summed E-state index contributed by atoms with van der Waals surface area (Å²) in [7, 11) is -4.64. The fraction of sp³-hybridized carbons (Fsp3) is 0. The van der Waals surface area contributed by atoms with E-state index in [-0.39, 0.29) is 35.9 Å². The van der Waals surface area contributed by atoms with Gasteiger partial charge in [0.2, 0.25) is 0 Å². The van der Waals surface area contributed by atoms with Crippen LogP contribution >= 0.6 is 20.2 Å². The number of rotatable bonds is 0. The highest BCUT2D eigenvalue weighted by Gasteiger charge is 2.00. The van der Waals surface area contributed by atoms with Crippen molar-refractivity contribution in [1.82, 2.24) is 0 Å². The molecule has 0 heterocycles. The summed E-state index contributed by atoms with van der Waals surface area (Å²) in [5.74, 6) is 0. The SMILES string of the molecule is Cl.F.F.F.F.F.O=P(O)(O)O. The summed E-state index contributed by atoms with van der Waals surface area (Å²) in [6.07, 6.45) is 0. The molecule has 0 aromatic rings. The molecular formula is H9ClF5O4P. The van der Waals surface area contributed by atoms with Gasteiger partial charge in [-0.25, -0.2) is 4.57 Å². The molecular weight excluding hydrogens is 225 g/mol. The minimum Gasteiger partial charge on any atom is -0.303 e. The van der Waals surface area contributed by atoms with E-state index in [0.29, 0.717) is 0 Å². The van der Waals surface area contributed by atoms with Crippen molar-refractivity contribution in [2.75, 3.05) is 0 Å². The maximum Gasteiger partial charge on any atom is 0.466 e. The van der Waals surface area contributed by atoms with Crippen molar-refractivity contribution < 1.29 is 42.8 Å². The third kappa shape index (κ3) is 261000. The van der Waals surface area contributed by atoms with Crippen molar-refractivity contribution in [3.05, 3.63) is 0 Å². The minimum absolute atomic E-state index is 0. The molecule has 11 heavy (non-hydrogen) atoms. The Morgan fingerprint density at radius 2 is 0.727 bits per heavy atom. The summed E-state index contributed by atoms with van der Waals surface area (Å²) in [5, 5.41) is 0. The first kappa shape index (κ1) is 68.0. The third-order valence-electron chi connectivity index (χ3n) is 0. The summed E-state index contributed by atoms with van der Waals surface area (Å²) < 4.78 is 8.88. The van der Waals surface area contributed by atoms with Gasteiger partial charge in [-0.3, -0.25) is 23.5 Å². The number of phosphoric acid groups is 1. The fourth-order valence-electron chi connectivity index (χ4n) is 0. The average molecular weight is 234 g/mol. The zero-order valence-corrected chi connectivity index (χ0v) is 6.36. The lowest BCUT2D eigenvalue weighted by molar-refractivity contribution is 0.275. The number of hydrogen-bond acceptors (Lipinski definition) is 1. The fourth-order valence-corrected chi connectivity index (χ4v) is 0. The summed E-state index contributed by atoms with van der Waals surface area (Å²) in [6, 6.07) is 0. The van der Waals surface area contributed by atoms with Gasteiger partial charge in [0.15, 0.2) is 0 Å². The van der Waals surface area contributed by atoms with Crippen molar-refractivity contribution >= 4 is 20.2 Å². The molecule has 0 bridgehead atoms. The van der Waals surface area contributed by atoms with E-state index in [4.69, 9.17) is 19.2 Å². The van der Waals surface area contributed by atoms with Gasteiger partial charge in [-0.05, 0) is 0 Å². The second-order valence-electron chi connectivity index (χ2n) is 0.513. The predicted molar refractivity (Wildman–Crippen MR) is 34.0 cm³/mol. The monoisotopic (exact) mass is 234 g/mol. The average Bonchev–Trinajstić information content (AvgIpc) is 0.722. The summed E-state index contributed by atoms with van der Waals surface area (Å²) >= 11 is 0. The Labute approximate surface area is 64.1 Å². The van der Waals surface area contributed by atoms with Crippen LogP contribution in [-0.4, -0.2) is 14.7 Å². The zero-order valence-electron chi connectivity index (χ0n) is 4.65. The molecule has 0 spiro atoms. The maximum atomic E-state index is 8.88. The van der Waals surface area contributed by atoms with Gasteiger partial charge in [0.25, 0.3) is 0 Å². The van der Waals surface area contributed by atoms with E-state index in [2.05, 4.69) is 0 Å². The molecule has 0 aliphatic rings. The van der Waals surface area contributed by atoms with E-state index in [1.54, 1.807) is 0 Å². The van der Waals surface area contributed by atoms with Gasteiger partial charge in [-0.15, -0.1) is 12.4 Å². The van der Waals surface area contributed by atoms with Crippen LogP contribution < -0.4 is 0 Å². The molecule has 0 atom stereocenters. The van der Waals surface area contributed by atoms with Crippen LogP contribution in [0.3, 0.4) is 0 Å². The Balaban J connectivity index is -0.00000000533. The first-order valence-electron chi connectivity index (χ1n) is 0.783. The molecule has 0 aliphatic heterocycles. The Morgan fingerprint density at radius 1 is 0.727 bits per heavy atom. The van der Waals surface area contributed by atoms with Crippen LogP contribution in [0.4, 0.5) is 23.5 Å². The molecule has 80 valence electrons. The van der Waals surface area contributed by atoms with Crippen LogP contribution in [0.1, 0.15) is 0 Å². The Kier molecular flexibility index (Phi) is 139. The number of halogens is 6. The lowest BCUT2D eigenvalue weighted by atomic mass is 15.8. The standard InChI is InChI=1S/ClH.5FH.H3O4P/c;;;;;;1-5(2,3)4/h6*1H;(H3,1,2,3,4). The van der Waals surface area contributed by atoms with Crippen molar-refractivity contribution in [1.29, 1.82) is 0 Å². The summed E-state index contributed by atoms with van der Waals surface area (Å²) in [5.41, 5.74) is 0. The van der Waals surface area contributed by atoms with E-state index in [0.717, 1.165) is 0 Å². The molecule has 11 heteroatoms. The van der Waals surface area contributed by atoms with E-state index in [1.807, 2.05) is 0 Å². The van der Waals surface area contributed by atoms with Gasteiger partial charge in [0, 0.05) is 0 Å². The van der Waals surface area contributed by atoms with Crippen LogP contribution in [0, 0.1) is 0 Å². The second-order valence-corrected chi connectivity index (χ2v) is 1.54. The normalized spacial score (nSPS) is 5.36. The Hall–Kier alpha value is 0.0500. The second kappa shape index (κ2) is 22.5. The number of hydrogen-bond donors (Lipinski definition) is 3. The Bertz CT molecular complexity index is 64.6. The molecule has 0 amide bonds. The molecule has 0 aromatic heterocycles. The third-order valence-corrected chi connectivity index (χ3v) is 0. The molecule has 4 nitrogen and oxygen atoms in total. The predicted octanol–water partition coefficient (Wildman–Crippen LogP) is 0.256. The van der Waals surface area contributed by atoms with Gasteiger partial charge >= 0.3 is 7.82 Å². The summed E-state index contributed by atoms with van der Waals surface area (Å²) in [6.45, 7) is 0. The van der Waals surface area contributed by atoms with Gasteiger partial charge in [0.1, 0.15) is 0 Å². The van der Waals surface area contributed by atoms with Crippen LogP contribution in [0.25, 0.3) is 0 Å². The Morgan fingerprint density at radius 3 is 0.727 bits per heavy atom. The molecule has 3 N–H and O–H groups in total. The highest BCUT2D eigenvalue weighted by atomic mass is 35.5. The molecule has 0 fully saturated rings. The molecule has 0 unspecified atom stereocenters. The molecule has 0 rings (SSSR count). The lowest BCUT2D eigenvalue weighted by Gasteiger charge is -1.82. The van der Waals surface area contributed by atoms with Crippen LogP contribution in [0.15, 0.2) is 0 Å². The zero-order chi connectivity index (χ0) is 4.50. The van der Waals surface area contributed by atoms with Crippen molar-refractivity contribution in [3.8, 4) is 0 Å². The smallest absolute Gasteiger partial charge is 0.303 e. The lowest BCUT2D eigenvalue weighted by Crippen LogP contribution is -1.66. The maximum absolute atomic E-state index is 8.88. The molecule has 0 aliphatic carbocycles. The highest BCUT2D eigenvalue weighted by molar-refractivity contribution is 7.45. The minimum atomic E-state index is -4.64. The topological polar surface area (TPSA) is 77.8 Å². The van der Waals surface area contributed by atoms with Crippen molar-refractivity contribution in [2.24, 2.45) is 0 Å².